The fraction of sp³-hybridized carbons (Fsp3) is 0.600. The molecule has 0 aliphatic heterocycles. The zero-order chi connectivity index (χ0) is 8.10. The molecular formula is C10H16S. The highest BCUT2D eigenvalue weighted by atomic mass is 32.1. The number of thiol groups is 1. The second-order valence-electron chi connectivity index (χ2n) is 2.98. The summed E-state index contributed by atoms with van der Waals surface area (Å²) in [5, 5.41) is 0. The van der Waals surface area contributed by atoms with Crippen molar-refractivity contribution in [2.75, 3.05) is 5.75 Å². The molecule has 0 saturated heterocycles. The van der Waals surface area contributed by atoms with Gasteiger partial charge in [-0.3, -0.25) is 0 Å². The van der Waals surface area contributed by atoms with Gasteiger partial charge in [-0.05, 0) is 31.4 Å². The zero-order valence-electron chi connectivity index (χ0n) is 7.14. The summed E-state index contributed by atoms with van der Waals surface area (Å²) >= 11 is 4.21. The Hall–Kier alpha value is -0.170. The van der Waals surface area contributed by atoms with E-state index in [-0.39, 0.29) is 0 Å². The molecule has 1 heteroatoms. The fourth-order valence-corrected chi connectivity index (χ4v) is 1.66. The van der Waals surface area contributed by atoms with Crippen LogP contribution in [0.5, 0.6) is 0 Å². The predicted molar refractivity (Wildman–Crippen MR) is 54.2 cm³/mol. The van der Waals surface area contributed by atoms with Crippen molar-refractivity contribution in [2.24, 2.45) is 0 Å². The van der Waals surface area contributed by atoms with Crippen LogP contribution in [0.15, 0.2) is 23.3 Å². The van der Waals surface area contributed by atoms with Crippen LogP contribution in [0.2, 0.25) is 0 Å². The van der Waals surface area contributed by atoms with Crippen molar-refractivity contribution in [2.45, 2.75) is 32.6 Å². The Kier molecular flexibility index (Phi) is 3.78. The summed E-state index contributed by atoms with van der Waals surface area (Å²) in [5.41, 5.74) is 3.16. The third-order valence-corrected chi connectivity index (χ3v) is 2.43. The molecule has 11 heavy (non-hydrogen) atoms. The number of allylic oxidation sites excluding steroid dienone is 4. The SMILES string of the molecule is CCC1=CC=C(CCS)CC1. The molecule has 0 heterocycles. The minimum absolute atomic E-state index is 0.987. The molecule has 0 amide bonds. The normalized spacial score (nSPS) is 17.6. The van der Waals surface area contributed by atoms with Gasteiger partial charge in [0.1, 0.15) is 0 Å². The van der Waals surface area contributed by atoms with Gasteiger partial charge in [-0.2, -0.15) is 12.6 Å². The Labute approximate surface area is 74.8 Å². The topological polar surface area (TPSA) is 0 Å². The highest BCUT2D eigenvalue weighted by Gasteiger charge is 2.03. The molecular weight excluding hydrogens is 152 g/mol. The van der Waals surface area contributed by atoms with Crippen LogP contribution in [0.3, 0.4) is 0 Å². The van der Waals surface area contributed by atoms with E-state index in [2.05, 4.69) is 31.7 Å². The largest absolute Gasteiger partial charge is 0.179 e. The summed E-state index contributed by atoms with van der Waals surface area (Å²) in [4.78, 5) is 0. The molecule has 1 aliphatic carbocycles. The van der Waals surface area contributed by atoms with Crippen molar-refractivity contribution in [3.05, 3.63) is 23.3 Å². The molecule has 0 aromatic heterocycles. The second kappa shape index (κ2) is 4.66. The van der Waals surface area contributed by atoms with Gasteiger partial charge < -0.3 is 0 Å². The summed E-state index contributed by atoms with van der Waals surface area (Å²) in [5.74, 6) is 0.987. The molecule has 0 atom stereocenters. The van der Waals surface area contributed by atoms with Crippen molar-refractivity contribution in [3.63, 3.8) is 0 Å². The highest BCUT2D eigenvalue weighted by molar-refractivity contribution is 7.80. The molecule has 0 nitrogen and oxygen atoms in total. The third kappa shape index (κ3) is 2.74. The minimum atomic E-state index is 0.987. The lowest BCUT2D eigenvalue weighted by molar-refractivity contribution is 0.828. The van der Waals surface area contributed by atoms with Gasteiger partial charge in [0, 0.05) is 0 Å². The van der Waals surface area contributed by atoms with Gasteiger partial charge >= 0.3 is 0 Å². The van der Waals surface area contributed by atoms with Crippen LogP contribution in [0.4, 0.5) is 0 Å². The Morgan fingerprint density at radius 2 is 1.91 bits per heavy atom. The van der Waals surface area contributed by atoms with Gasteiger partial charge in [0.2, 0.25) is 0 Å². The summed E-state index contributed by atoms with van der Waals surface area (Å²) in [7, 11) is 0. The predicted octanol–water partition coefficient (Wildman–Crippen LogP) is 3.36. The van der Waals surface area contributed by atoms with E-state index < -0.39 is 0 Å². The van der Waals surface area contributed by atoms with Crippen LogP contribution in [0.1, 0.15) is 32.6 Å². The van der Waals surface area contributed by atoms with Crippen LogP contribution >= 0.6 is 12.6 Å². The highest BCUT2D eigenvalue weighted by Crippen LogP contribution is 2.22. The molecule has 1 aliphatic rings. The summed E-state index contributed by atoms with van der Waals surface area (Å²) in [6.45, 7) is 2.23. The molecule has 0 radical (unpaired) electrons. The molecule has 0 aromatic rings. The summed E-state index contributed by atoms with van der Waals surface area (Å²) < 4.78 is 0. The maximum Gasteiger partial charge on any atom is -0.00605 e. The van der Waals surface area contributed by atoms with E-state index in [9.17, 15) is 0 Å². The Balaban J connectivity index is 2.47. The van der Waals surface area contributed by atoms with Crippen LogP contribution in [0, 0.1) is 0 Å². The average Bonchev–Trinajstić information content (AvgIpc) is 2.07. The van der Waals surface area contributed by atoms with E-state index in [1.165, 1.54) is 19.3 Å². The maximum atomic E-state index is 4.21. The van der Waals surface area contributed by atoms with E-state index in [1.54, 1.807) is 11.1 Å². The molecule has 0 aromatic carbocycles. The van der Waals surface area contributed by atoms with Crippen LogP contribution in [-0.4, -0.2) is 5.75 Å². The second-order valence-corrected chi connectivity index (χ2v) is 3.42. The van der Waals surface area contributed by atoms with Gasteiger partial charge in [0.25, 0.3) is 0 Å². The first-order chi connectivity index (χ1) is 5.36. The third-order valence-electron chi connectivity index (χ3n) is 2.21. The van der Waals surface area contributed by atoms with E-state index in [1.807, 2.05) is 0 Å². The fourth-order valence-electron chi connectivity index (χ4n) is 1.37. The Morgan fingerprint density at radius 3 is 2.36 bits per heavy atom. The van der Waals surface area contributed by atoms with Crippen LogP contribution in [0.25, 0.3) is 0 Å². The Morgan fingerprint density at radius 1 is 1.27 bits per heavy atom. The van der Waals surface area contributed by atoms with Crippen LogP contribution in [-0.2, 0) is 0 Å². The molecule has 0 saturated carbocycles. The number of hydrogen-bond donors (Lipinski definition) is 1. The molecule has 1 rings (SSSR count). The number of rotatable bonds is 3. The Bertz CT molecular complexity index is 177. The van der Waals surface area contributed by atoms with Crippen molar-refractivity contribution in [3.8, 4) is 0 Å². The van der Waals surface area contributed by atoms with E-state index in [0.717, 1.165) is 12.2 Å². The molecule has 0 bridgehead atoms. The zero-order valence-corrected chi connectivity index (χ0v) is 8.03. The minimum Gasteiger partial charge on any atom is -0.179 e. The lowest BCUT2D eigenvalue weighted by atomic mass is 9.95. The lowest BCUT2D eigenvalue weighted by Gasteiger charge is -2.12. The monoisotopic (exact) mass is 168 g/mol. The van der Waals surface area contributed by atoms with Gasteiger partial charge in [0.05, 0.1) is 0 Å². The molecule has 0 spiro atoms. The average molecular weight is 168 g/mol. The lowest BCUT2D eigenvalue weighted by Crippen LogP contribution is -1.93. The molecule has 0 fully saturated rings. The van der Waals surface area contributed by atoms with Gasteiger partial charge in [-0.25, -0.2) is 0 Å². The van der Waals surface area contributed by atoms with Crippen molar-refractivity contribution < 1.29 is 0 Å². The molecule has 0 N–H and O–H groups in total. The standard InChI is InChI=1S/C10H16S/c1-2-9-3-5-10(6-4-9)7-8-11/h3,5,11H,2,4,6-8H2,1H3. The van der Waals surface area contributed by atoms with E-state index in [0.29, 0.717) is 0 Å². The van der Waals surface area contributed by atoms with Gasteiger partial charge in [-0.1, -0.05) is 30.2 Å². The van der Waals surface area contributed by atoms with E-state index in [4.69, 9.17) is 0 Å². The van der Waals surface area contributed by atoms with Crippen LogP contribution < -0.4 is 0 Å². The van der Waals surface area contributed by atoms with E-state index >= 15 is 0 Å². The first-order valence-corrected chi connectivity index (χ1v) is 4.98. The van der Waals surface area contributed by atoms with Gasteiger partial charge in [0.15, 0.2) is 0 Å². The molecule has 0 unspecified atom stereocenters. The van der Waals surface area contributed by atoms with Crippen molar-refractivity contribution in [1.82, 2.24) is 0 Å². The first-order valence-electron chi connectivity index (χ1n) is 4.35. The smallest absolute Gasteiger partial charge is 0.00605 e. The van der Waals surface area contributed by atoms with Crippen molar-refractivity contribution >= 4 is 12.6 Å². The summed E-state index contributed by atoms with van der Waals surface area (Å²) in [6.07, 6.45) is 9.47. The number of hydrogen-bond acceptors (Lipinski definition) is 1. The maximum absolute atomic E-state index is 4.21. The van der Waals surface area contributed by atoms with Gasteiger partial charge in [-0.15, -0.1) is 0 Å². The quantitative estimate of drug-likeness (QED) is 0.614. The first kappa shape index (κ1) is 8.92. The summed E-state index contributed by atoms with van der Waals surface area (Å²) in [6, 6.07) is 0. The molecule has 62 valence electrons. The van der Waals surface area contributed by atoms with Crippen molar-refractivity contribution in [1.29, 1.82) is 0 Å².